The van der Waals surface area contributed by atoms with Crippen molar-refractivity contribution >= 4 is 5.69 Å². The van der Waals surface area contributed by atoms with Gasteiger partial charge in [-0.15, -0.1) is 4.99 Å². The van der Waals surface area contributed by atoms with E-state index in [9.17, 15) is 0 Å². The zero-order valence-electron chi connectivity index (χ0n) is 7.55. The summed E-state index contributed by atoms with van der Waals surface area (Å²) >= 11 is 0. The molecule has 1 aromatic rings. The predicted molar refractivity (Wildman–Crippen MR) is 47.6 cm³/mol. The van der Waals surface area contributed by atoms with Gasteiger partial charge in [0.25, 0.3) is 0 Å². The summed E-state index contributed by atoms with van der Waals surface area (Å²) in [5.74, 6) is 0. The smallest absolute Gasteiger partial charge is 0.0738 e. The van der Waals surface area contributed by atoms with E-state index >= 15 is 0 Å². The average Bonchev–Trinajstić information content (AvgIpc) is 2.07. The number of aryl methyl sites for hydroxylation is 2. The van der Waals surface area contributed by atoms with Crippen molar-refractivity contribution in [2.24, 2.45) is 0 Å². The lowest BCUT2D eigenvalue weighted by Gasteiger charge is -2.07. The second-order valence-corrected chi connectivity index (χ2v) is 2.67. The first-order chi connectivity index (χ1) is 5.74. The molecule has 1 N–H and O–H groups in total. The van der Waals surface area contributed by atoms with Gasteiger partial charge in [0.05, 0.1) is 12.8 Å². The zero-order chi connectivity index (χ0) is 8.97. The van der Waals surface area contributed by atoms with Crippen molar-refractivity contribution in [2.45, 2.75) is 13.8 Å². The standard InChI is InChI=1S/C9H13NO2/c1-7-4-5-8(2)9(6-7)10-12-11-3/h4-6,10H,1-3H3. The van der Waals surface area contributed by atoms with Gasteiger partial charge < -0.3 is 0 Å². The summed E-state index contributed by atoms with van der Waals surface area (Å²) in [4.78, 5) is 9.03. The Morgan fingerprint density at radius 2 is 2.00 bits per heavy atom. The molecule has 0 atom stereocenters. The quantitative estimate of drug-likeness (QED) is 0.553. The van der Waals surface area contributed by atoms with Crippen molar-refractivity contribution < 1.29 is 9.88 Å². The van der Waals surface area contributed by atoms with Crippen LogP contribution in [-0.4, -0.2) is 7.11 Å². The topological polar surface area (TPSA) is 30.5 Å². The van der Waals surface area contributed by atoms with Crippen molar-refractivity contribution in [3.63, 3.8) is 0 Å². The Labute approximate surface area is 72.2 Å². The Morgan fingerprint density at radius 1 is 1.25 bits per heavy atom. The van der Waals surface area contributed by atoms with Gasteiger partial charge in [0.15, 0.2) is 0 Å². The molecule has 0 aromatic heterocycles. The van der Waals surface area contributed by atoms with Crippen molar-refractivity contribution in [3.8, 4) is 0 Å². The summed E-state index contributed by atoms with van der Waals surface area (Å²) in [6.07, 6.45) is 0. The molecule has 3 nitrogen and oxygen atoms in total. The molecule has 12 heavy (non-hydrogen) atoms. The molecule has 0 spiro atoms. The van der Waals surface area contributed by atoms with E-state index in [-0.39, 0.29) is 0 Å². The molecule has 1 rings (SSSR count). The summed E-state index contributed by atoms with van der Waals surface area (Å²) in [7, 11) is 1.46. The molecule has 0 saturated heterocycles. The largest absolute Gasteiger partial charge is 0.235 e. The minimum absolute atomic E-state index is 0.928. The molecule has 0 bridgehead atoms. The summed E-state index contributed by atoms with van der Waals surface area (Å²) in [5.41, 5.74) is 5.91. The second-order valence-electron chi connectivity index (χ2n) is 2.67. The third kappa shape index (κ3) is 2.22. The number of rotatable bonds is 3. The van der Waals surface area contributed by atoms with Crippen LogP contribution in [0.15, 0.2) is 18.2 Å². The van der Waals surface area contributed by atoms with Crippen LogP contribution in [0.4, 0.5) is 5.69 Å². The van der Waals surface area contributed by atoms with Crippen LogP contribution in [0.2, 0.25) is 0 Å². The van der Waals surface area contributed by atoms with E-state index < -0.39 is 0 Å². The first kappa shape index (κ1) is 9.03. The van der Waals surface area contributed by atoms with E-state index in [4.69, 9.17) is 0 Å². The maximum atomic E-state index is 4.61. The monoisotopic (exact) mass is 167 g/mol. The fourth-order valence-corrected chi connectivity index (χ4v) is 0.932. The van der Waals surface area contributed by atoms with Crippen LogP contribution in [0.3, 0.4) is 0 Å². The maximum Gasteiger partial charge on any atom is 0.0738 e. The Hall–Kier alpha value is -1.06. The zero-order valence-corrected chi connectivity index (χ0v) is 7.55. The number of nitrogens with one attached hydrogen (secondary N) is 1. The third-order valence-corrected chi connectivity index (χ3v) is 1.63. The van der Waals surface area contributed by atoms with Crippen molar-refractivity contribution in [3.05, 3.63) is 29.3 Å². The van der Waals surface area contributed by atoms with E-state index in [1.54, 1.807) is 0 Å². The molecular weight excluding hydrogens is 154 g/mol. The minimum Gasteiger partial charge on any atom is -0.235 e. The first-order valence-electron chi connectivity index (χ1n) is 3.77. The lowest BCUT2D eigenvalue weighted by atomic mass is 10.1. The Kier molecular flexibility index (Phi) is 3.08. The van der Waals surface area contributed by atoms with Gasteiger partial charge in [0, 0.05) is 0 Å². The molecule has 0 unspecified atom stereocenters. The highest BCUT2D eigenvalue weighted by atomic mass is 17.3. The van der Waals surface area contributed by atoms with Gasteiger partial charge in [-0.3, -0.25) is 0 Å². The molecule has 0 aliphatic heterocycles. The van der Waals surface area contributed by atoms with Gasteiger partial charge in [0.2, 0.25) is 0 Å². The van der Waals surface area contributed by atoms with Crippen molar-refractivity contribution in [1.29, 1.82) is 0 Å². The Morgan fingerprint density at radius 3 is 2.67 bits per heavy atom. The summed E-state index contributed by atoms with van der Waals surface area (Å²) in [5, 5.41) is 0. The van der Waals surface area contributed by atoms with E-state index in [2.05, 4.69) is 15.4 Å². The van der Waals surface area contributed by atoms with Crippen LogP contribution < -0.4 is 5.48 Å². The molecule has 66 valence electrons. The van der Waals surface area contributed by atoms with Gasteiger partial charge in [-0.25, -0.2) is 10.4 Å². The fourth-order valence-electron chi connectivity index (χ4n) is 0.932. The highest BCUT2D eigenvalue weighted by molar-refractivity contribution is 5.50. The highest BCUT2D eigenvalue weighted by Gasteiger charge is 1.96. The van der Waals surface area contributed by atoms with E-state index in [0.717, 1.165) is 11.3 Å². The number of benzene rings is 1. The van der Waals surface area contributed by atoms with Crippen LogP contribution in [0, 0.1) is 13.8 Å². The highest BCUT2D eigenvalue weighted by Crippen LogP contribution is 2.15. The maximum absolute atomic E-state index is 4.61. The van der Waals surface area contributed by atoms with Gasteiger partial charge in [0.1, 0.15) is 0 Å². The Balaban J connectivity index is 2.75. The second kappa shape index (κ2) is 4.09. The number of hydrogen-bond donors (Lipinski definition) is 1. The fraction of sp³-hybridized carbons (Fsp3) is 0.333. The molecular formula is C9H13NO2. The molecule has 0 fully saturated rings. The summed E-state index contributed by atoms with van der Waals surface area (Å²) in [6.45, 7) is 4.03. The van der Waals surface area contributed by atoms with E-state index in [1.165, 1.54) is 12.7 Å². The van der Waals surface area contributed by atoms with Crippen LogP contribution in [0.1, 0.15) is 11.1 Å². The lowest BCUT2D eigenvalue weighted by molar-refractivity contribution is -0.248. The number of anilines is 1. The molecule has 0 saturated carbocycles. The van der Waals surface area contributed by atoms with Crippen LogP contribution >= 0.6 is 0 Å². The SMILES string of the molecule is COONc1cc(C)ccc1C. The summed E-state index contributed by atoms with van der Waals surface area (Å²) in [6, 6.07) is 6.07. The molecule has 0 heterocycles. The van der Waals surface area contributed by atoms with Crippen LogP contribution in [-0.2, 0) is 9.88 Å². The third-order valence-electron chi connectivity index (χ3n) is 1.63. The molecule has 3 heteroatoms. The molecule has 0 amide bonds. The molecule has 1 aromatic carbocycles. The van der Waals surface area contributed by atoms with Gasteiger partial charge in [-0.05, 0) is 31.0 Å². The van der Waals surface area contributed by atoms with Crippen molar-refractivity contribution in [2.75, 3.05) is 12.6 Å². The van der Waals surface area contributed by atoms with Gasteiger partial charge >= 0.3 is 0 Å². The normalized spacial score (nSPS) is 9.92. The lowest BCUT2D eigenvalue weighted by Crippen LogP contribution is -2.01. The van der Waals surface area contributed by atoms with Crippen molar-refractivity contribution in [1.82, 2.24) is 0 Å². The summed E-state index contributed by atoms with van der Waals surface area (Å²) < 4.78 is 0. The predicted octanol–water partition coefficient (Wildman–Crippen LogP) is 2.21. The average molecular weight is 167 g/mol. The number of hydrogen-bond acceptors (Lipinski definition) is 3. The van der Waals surface area contributed by atoms with Crippen LogP contribution in [0.25, 0.3) is 0 Å². The molecule has 0 aliphatic rings. The van der Waals surface area contributed by atoms with E-state index in [0.29, 0.717) is 0 Å². The van der Waals surface area contributed by atoms with Gasteiger partial charge in [-0.1, -0.05) is 12.1 Å². The first-order valence-corrected chi connectivity index (χ1v) is 3.77. The van der Waals surface area contributed by atoms with Gasteiger partial charge in [-0.2, -0.15) is 0 Å². The molecule has 0 radical (unpaired) electrons. The van der Waals surface area contributed by atoms with Crippen LogP contribution in [0.5, 0.6) is 0 Å². The molecule has 0 aliphatic carbocycles. The Bertz CT molecular complexity index is 261. The van der Waals surface area contributed by atoms with E-state index in [1.807, 2.05) is 32.0 Å². The minimum atomic E-state index is 0.928.